The lowest BCUT2D eigenvalue weighted by Gasteiger charge is -2.67. The number of carbonyl (C=O) groups is 3. The van der Waals surface area contributed by atoms with Crippen LogP contribution < -0.4 is 5.32 Å². The summed E-state index contributed by atoms with van der Waals surface area (Å²) in [7, 11) is 0. The SMILES string of the molecule is CC1C(=O)C(C#N)=CC2(C)C1CCC1(C)C3CCC4(C(=O)NCC(F)(F)F)CCC(C)(C)CC4C3C(=O)CC21. The summed E-state index contributed by atoms with van der Waals surface area (Å²) in [5, 5.41) is 11.9. The first-order chi connectivity index (χ1) is 18.0. The minimum Gasteiger partial charge on any atom is -0.346 e. The van der Waals surface area contributed by atoms with E-state index in [4.69, 9.17) is 0 Å². The van der Waals surface area contributed by atoms with E-state index in [0.29, 0.717) is 32.1 Å². The highest BCUT2D eigenvalue weighted by Crippen LogP contribution is 2.70. The second kappa shape index (κ2) is 8.91. The maximum atomic E-state index is 14.2. The van der Waals surface area contributed by atoms with Gasteiger partial charge >= 0.3 is 6.18 Å². The van der Waals surface area contributed by atoms with Crippen LogP contribution in [0.1, 0.15) is 86.0 Å². The third kappa shape index (κ3) is 4.20. The van der Waals surface area contributed by atoms with E-state index in [1.165, 1.54) is 0 Å². The van der Waals surface area contributed by atoms with Gasteiger partial charge in [-0.25, -0.2) is 0 Å². The van der Waals surface area contributed by atoms with Crippen molar-refractivity contribution in [3.63, 3.8) is 0 Å². The molecule has 1 amide bonds. The number of nitrogens with one attached hydrogen (secondary N) is 1. The van der Waals surface area contributed by atoms with Gasteiger partial charge in [0.05, 0.1) is 11.0 Å². The number of Topliss-reactive ketones (excluding diaryl/α,β-unsaturated/α-hetero) is 2. The van der Waals surface area contributed by atoms with Crippen molar-refractivity contribution in [3.05, 3.63) is 11.6 Å². The molecule has 4 saturated carbocycles. The molecule has 9 unspecified atom stereocenters. The second-order valence-electron chi connectivity index (χ2n) is 14.7. The van der Waals surface area contributed by atoms with E-state index in [2.05, 4.69) is 39.1 Å². The fraction of sp³-hybridized carbons (Fsp3) is 0.806. The summed E-state index contributed by atoms with van der Waals surface area (Å²) in [4.78, 5) is 40.6. The van der Waals surface area contributed by atoms with Crippen LogP contribution in [-0.4, -0.2) is 30.2 Å². The monoisotopic (exact) mass is 546 g/mol. The summed E-state index contributed by atoms with van der Waals surface area (Å²) in [6.07, 6.45) is 2.38. The van der Waals surface area contributed by atoms with Crippen LogP contribution in [0.15, 0.2) is 11.6 Å². The predicted octanol–water partition coefficient (Wildman–Crippen LogP) is 6.18. The number of fused-ring (bicyclic) bond motifs is 7. The van der Waals surface area contributed by atoms with Crippen molar-refractivity contribution in [2.45, 2.75) is 92.2 Å². The summed E-state index contributed by atoms with van der Waals surface area (Å²) in [6, 6.07) is 2.11. The topological polar surface area (TPSA) is 87.0 Å². The molecule has 0 spiro atoms. The van der Waals surface area contributed by atoms with Gasteiger partial charge in [-0.1, -0.05) is 40.7 Å². The summed E-state index contributed by atoms with van der Waals surface area (Å²) in [5.74, 6) is -1.42. The van der Waals surface area contributed by atoms with Crippen molar-refractivity contribution in [1.82, 2.24) is 5.32 Å². The number of nitriles is 1. The number of hydrogen-bond donors (Lipinski definition) is 1. The molecule has 5 aliphatic carbocycles. The normalized spacial score (nSPS) is 45.1. The summed E-state index contributed by atoms with van der Waals surface area (Å²) in [5.41, 5.74) is -1.56. The van der Waals surface area contributed by atoms with Crippen LogP contribution >= 0.6 is 0 Å². The molecule has 1 N–H and O–H groups in total. The number of alkyl halides is 3. The van der Waals surface area contributed by atoms with Crippen molar-refractivity contribution < 1.29 is 27.6 Å². The fourth-order valence-electron chi connectivity index (χ4n) is 10.3. The number of allylic oxidation sites excluding steroid dienone is 2. The molecule has 0 heterocycles. The van der Waals surface area contributed by atoms with Crippen molar-refractivity contribution in [1.29, 1.82) is 5.26 Å². The van der Waals surface area contributed by atoms with Crippen molar-refractivity contribution in [2.24, 2.45) is 57.2 Å². The summed E-state index contributed by atoms with van der Waals surface area (Å²) < 4.78 is 39.2. The molecule has 0 aromatic rings. The van der Waals surface area contributed by atoms with E-state index in [-0.39, 0.29) is 63.5 Å². The van der Waals surface area contributed by atoms with E-state index in [9.17, 15) is 32.8 Å². The van der Waals surface area contributed by atoms with Gasteiger partial charge in [-0.3, -0.25) is 14.4 Å². The van der Waals surface area contributed by atoms with Gasteiger partial charge in [-0.05, 0) is 84.9 Å². The Labute approximate surface area is 229 Å². The molecule has 214 valence electrons. The highest BCUT2D eigenvalue weighted by molar-refractivity contribution is 6.01. The number of amides is 1. The second-order valence-corrected chi connectivity index (χ2v) is 14.7. The molecule has 4 fully saturated rings. The molecular formula is C31H41F3N2O3. The molecule has 0 saturated heterocycles. The Kier molecular flexibility index (Phi) is 6.48. The average Bonchev–Trinajstić information content (AvgIpc) is 2.85. The van der Waals surface area contributed by atoms with Crippen LogP contribution in [0.4, 0.5) is 13.2 Å². The zero-order valence-electron chi connectivity index (χ0n) is 23.7. The maximum Gasteiger partial charge on any atom is 0.405 e. The number of nitrogens with zero attached hydrogens (tertiary/aromatic N) is 1. The van der Waals surface area contributed by atoms with Gasteiger partial charge in [0.15, 0.2) is 5.78 Å². The van der Waals surface area contributed by atoms with Gasteiger partial charge in [0.2, 0.25) is 5.91 Å². The zero-order valence-corrected chi connectivity index (χ0v) is 23.7. The maximum absolute atomic E-state index is 14.2. The van der Waals surface area contributed by atoms with Gasteiger partial charge in [-0.15, -0.1) is 0 Å². The molecule has 5 aliphatic rings. The summed E-state index contributed by atoms with van der Waals surface area (Å²) in [6.45, 7) is 9.20. The third-order valence-corrected chi connectivity index (χ3v) is 12.2. The Bertz CT molecular complexity index is 1170. The zero-order chi connectivity index (χ0) is 28.8. The Morgan fingerprint density at radius 3 is 2.36 bits per heavy atom. The third-order valence-electron chi connectivity index (χ3n) is 12.2. The van der Waals surface area contributed by atoms with E-state index < -0.39 is 29.5 Å². The lowest BCUT2D eigenvalue weighted by atomic mass is 9.36. The van der Waals surface area contributed by atoms with E-state index in [1.54, 1.807) is 0 Å². The van der Waals surface area contributed by atoms with Crippen LogP contribution in [0.25, 0.3) is 0 Å². The molecule has 0 bridgehead atoms. The number of halogens is 3. The summed E-state index contributed by atoms with van der Waals surface area (Å²) >= 11 is 0. The molecule has 5 rings (SSSR count). The number of ketones is 2. The highest BCUT2D eigenvalue weighted by Gasteiger charge is 2.68. The van der Waals surface area contributed by atoms with Crippen LogP contribution in [0, 0.1) is 68.5 Å². The van der Waals surface area contributed by atoms with E-state index in [1.807, 2.05) is 13.0 Å². The molecule has 9 atom stereocenters. The Morgan fingerprint density at radius 2 is 1.72 bits per heavy atom. The minimum atomic E-state index is -4.49. The smallest absolute Gasteiger partial charge is 0.346 e. The number of hydrogen-bond acceptors (Lipinski definition) is 4. The molecule has 0 aliphatic heterocycles. The fourth-order valence-corrected chi connectivity index (χ4v) is 10.3. The number of rotatable bonds is 2. The largest absolute Gasteiger partial charge is 0.405 e. The Hall–Kier alpha value is -2.17. The lowest BCUT2D eigenvalue weighted by molar-refractivity contribution is -0.190. The van der Waals surface area contributed by atoms with Crippen molar-refractivity contribution in [3.8, 4) is 6.07 Å². The van der Waals surface area contributed by atoms with Gasteiger partial charge in [0.25, 0.3) is 0 Å². The highest BCUT2D eigenvalue weighted by atomic mass is 19.4. The molecule has 39 heavy (non-hydrogen) atoms. The van der Waals surface area contributed by atoms with Crippen LogP contribution in [0.2, 0.25) is 0 Å². The van der Waals surface area contributed by atoms with Gasteiger partial charge < -0.3 is 5.32 Å². The van der Waals surface area contributed by atoms with Gasteiger partial charge in [-0.2, -0.15) is 18.4 Å². The first-order valence-electron chi connectivity index (χ1n) is 14.5. The van der Waals surface area contributed by atoms with Gasteiger partial charge in [0.1, 0.15) is 18.4 Å². The Balaban J connectivity index is 1.54. The van der Waals surface area contributed by atoms with Crippen LogP contribution in [-0.2, 0) is 14.4 Å². The number of carbonyl (C=O) groups excluding carboxylic acids is 3. The molecular weight excluding hydrogens is 505 g/mol. The van der Waals surface area contributed by atoms with Crippen molar-refractivity contribution >= 4 is 17.5 Å². The van der Waals surface area contributed by atoms with E-state index >= 15 is 0 Å². The molecule has 0 aromatic heterocycles. The van der Waals surface area contributed by atoms with Crippen LogP contribution in [0.5, 0.6) is 0 Å². The predicted molar refractivity (Wildman–Crippen MR) is 139 cm³/mol. The molecule has 0 aromatic carbocycles. The quantitative estimate of drug-likeness (QED) is 0.448. The Morgan fingerprint density at radius 1 is 1.05 bits per heavy atom. The first kappa shape index (κ1) is 28.4. The van der Waals surface area contributed by atoms with E-state index in [0.717, 1.165) is 19.3 Å². The molecule has 8 heteroatoms. The van der Waals surface area contributed by atoms with Crippen molar-refractivity contribution in [2.75, 3.05) is 6.54 Å². The van der Waals surface area contributed by atoms with Gasteiger partial charge in [0, 0.05) is 18.3 Å². The average molecular weight is 547 g/mol. The molecule has 0 radical (unpaired) electrons. The first-order valence-corrected chi connectivity index (χ1v) is 14.5. The minimum absolute atomic E-state index is 0.0239. The van der Waals surface area contributed by atoms with Crippen LogP contribution in [0.3, 0.4) is 0 Å². The lowest BCUT2D eigenvalue weighted by Crippen LogP contribution is -2.65. The standard InChI is InChI=1S/C31H41F3N2O3/c1-17-19-6-8-28(4)20-7-9-30(26(39)36-16-31(32,33)34)11-10-27(2,3)14-21(30)24(20)22(37)12-23(28)29(19,5)13-18(15-35)25(17)38/h13,17,19-21,23-24H,6-12,14,16H2,1-5H3,(H,36,39). The molecule has 5 nitrogen and oxygen atoms in total.